The van der Waals surface area contributed by atoms with Gasteiger partial charge >= 0.3 is 0 Å². The molecule has 1 saturated heterocycles. The molecule has 1 aromatic rings. The maximum atomic E-state index is 9.33. The van der Waals surface area contributed by atoms with Gasteiger partial charge in [0, 0.05) is 25.2 Å². The van der Waals surface area contributed by atoms with E-state index in [1.165, 1.54) is 0 Å². The van der Waals surface area contributed by atoms with E-state index in [0.29, 0.717) is 62.4 Å². The number of rotatable bonds is 2. The zero-order valence-corrected chi connectivity index (χ0v) is 12.9. The van der Waals surface area contributed by atoms with Crippen LogP contribution in [0.25, 0.3) is 0 Å². The van der Waals surface area contributed by atoms with E-state index in [2.05, 4.69) is 11.1 Å². The molecule has 0 aliphatic carbocycles. The fraction of sp³-hybridized carbons (Fsp3) is 0.500. The van der Waals surface area contributed by atoms with Crippen LogP contribution in [0.5, 0.6) is 11.5 Å². The lowest BCUT2D eigenvalue weighted by atomic mass is 10.1. The van der Waals surface area contributed by atoms with Gasteiger partial charge in [0.25, 0.3) is 0 Å². The Labute approximate surface area is 135 Å². The van der Waals surface area contributed by atoms with Crippen LogP contribution in [0.15, 0.2) is 17.1 Å². The maximum absolute atomic E-state index is 9.33. The van der Waals surface area contributed by atoms with Gasteiger partial charge < -0.3 is 23.8 Å². The Hall–Kier alpha value is -2.30. The second-order valence-corrected chi connectivity index (χ2v) is 5.13. The Bertz CT molecular complexity index is 608. The van der Waals surface area contributed by atoms with E-state index in [1.54, 1.807) is 18.5 Å². The summed E-state index contributed by atoms with van der Waals surface area (Å²) in [5.41, 5.74) is 1.03. The van der Waals surface area contributed by atoms with Gasteiger partial charge in [-0.2, -0.15) is 5.26 Å². The molecule has 2 aliphatic heterocycles. The molecule has 0 bridgehead atoms. The number of hydrogen-bond donors (Lipinski definition) is 0. The first-order chi connectivity index (χ1) is 11.4. The number of nitrogens with zero attached hydrogens (tertiary/aromatic N) is 3. The lowest BCUT2D eigenvalue weighted by Gasteiger charge is -2.16. The molecular formula is C16H19N3O4. The third-order valence-electron chi connectivity index (χ3n) is 3.37. The predicted octanol–water partition coefficient (Wildman–Crippen LogP) is 1.34. The van der Waals surface area contributed by atoms with Crippen molar-refractivity contribution in [1.82, 2.24) is 4.90 Å². The highest BCUT2D eigenvalue weighted by atomic mass is 16.6. The molecule has 0 unspecified atom stereocenters. The van der Waals surface area contributed by atoms with Crippen LogP contribution < -0.4 is 9.47 Å². The Morgan fingerprint density at radius 2 is 1.57 bits per heavy atom. The van der Waals surface area contributed by atoms with Crippen molar-refractivity contribution in [3.05, 3.63) is 17.7 Å². The van der Waals surface area contributed by atoms with E-state index >= 15 is 0 Å². The second kappa shape index (κ2) is 7.81. The Morgan fingerprint density at radius 1 is 0.957 bits per heavy atom. The average molecular weight is 317 g/mol. The lowest BCUT2D eigenvalue weighted by molar-refractivity contribution is 0.0223. The third-order valence-corrected chi connectivity index (χ3v) is 3.37. The van der Waals surface area contributed by atoms with Gasteiger partial charge in [0.15, 0.2) is 11.5 Å². The molecule has 1 fully saturated rings. The number of benzene rings is 1. The fourth-order valence-electron chi connectivity index (χ4n) is 2.03. The molecule has 1 aromatic carbocycles. The third kappa shape index (κ3) is 4.58. The van der Waals surface area contributed by atoms with Gasteiger partial charge in [0.1, 0.15) is 19.3 Å². The van der Waals surface area contributed by atoms with Crippen LogP contribution in [0.2, 0.25) is 0 Å². The first kappa shape index (κ1) is 15.6. The molecule has 122 valence electrons. The van der Waals surface area contributed by atoms with Crippen molar-refractivity contribution < 1.29 is 18.9 Å². The minimum Gasteiger partial charge on any atom is -0.487 e. The van der Waals surface area contributed by atoms with Gasteiger partial charge in [0.05, 0.1) is 44.0 Å². The maximum Gasteiger partial charge on any atom is 0.163 e. The first-order valence-electron chi connectivity index (χ1n) is 7.64. The van der Waals surface area contributed by atoms with Gasteiger partial charge in [-0.3, -0.25) is 0 Å². The summed E-state index contributed by atoms with van der Waals surface area (Å²) < 4.78 is 22.2. The number of aliphatic imine (C=N–C) groups is 1. The van der Waals surface area contributed by atoms with E-state index in [9.17, 15) is 5.26 Å². The predicted molar refractivity (Wildman–Crippen MR) is 83.5 cm³/mol. The van der Waals surface area contributed by atoms with Crippen LogP contribution in [0.1, 0.15) is 5.56 Å². The van der Waals surface area contributed by atoms with Crippen molar-refractivity contribution in [2.24, 2.45) is 4.99 Å². The second-order valence-electron chi connectivity index (χ2n) is 5.13. The Balaban J connectivity index is 1.82. The zero-order valence-electron chi connectivity index (χ0n) is 12.9. The number of hydrogen-bond acceptors (Lipinski definition) is 6. The molecule has 0 spiro atoms. The molecule has 23 heavy (non-hydrogen) atoms. The van der Waals surface area contributed by atoms with E-state index in [0.717, 1.165) is 13.1 Å². The van der Waals surface area contributed by atoms with Crippen molar-refractivity contribution >= 4 is 12.0 Å². The molecule has 0 atom stereocenters. The van der Waals surface area contributed by atoms with Gasteiger partial charge in [-0.05, 0) is 0 Å². The van der Waals surface area contributed by atoms with Crippen molar-refractivity contribution in [1.29, 1.82) is 5.26 Å². The molecule has 0 radical (unpaired) electrons. The molecule has 7 nitrogen and oxygen atoms in total. The van der Waals surface area contributed by atoms with Crippen LogP contribution in [-0.2, 0) is 9.47 Å². The number of fused-ring (bicyclic) bond motifs is 1. The van der Waals surface area contributed by atoms with Gasteiger partial charge in [-0.1, -0.05) is 0 Å². The minimum absolute atomic E-state index is 0.387. The molecule has 0 N–H and O–H groups in total. The normalized spacial score (nSPS) is 18.8. The molecule has 0 amide bonds. The SMILES string of the molecule is N#Cc1cc2c(cc1/N=C/N1CC1)OCCOCCOCCO2. The highest BCUT2D eigenvalue weighted by Gasteiger charge is 2.15. The highest BCUT2D eigenvalue weighted by molar-refractivity contribution is 5.69. The van der Waals surface area contributed by atoms with Crippen LogP contribution in [0.4, 0.5) is 5.69 Å². The van der Waals surface area contributed by atoms with E-state index in [-0.39, 0.29) is 0 Å². The van der Waals surface area contributed by atoms with Gasteiger partial charge in [-0.15, -0.1) is 0 Å². The fourth-order valence-corrected chi connectivity index (χ4v) is 2.03. The quantitative estimate of drug-likeness (QED) is 0.465. The monoisotopic (exact) mass is 317 g/mol. The van der Waals surface area contributed by atoms with E-state index in [1.807, 2.05) is 4.90 Å². The van der Waals surface area contributed by atoms with Gasteiger partial charge in [0.2, 0.25) is 0 Å². The summed E-state index contributed by atoms with van der Waals surface area (Å²) in [6.45, 7) is 4.79. The highest BCUT2D eigenvalue weighted by Crippen LogP contribution is 2.35. The topological polar surface area (TPSA) is 76.1 Å². The summed E-state index contributed by atoms with van der Waals surface area (Å²) in [6, 6.07) is 5.55. The number of nitriles is 1. The summed E-state index contributed by atoms with van der Waals surface area (Å²) in [7, 11) is 0. The number of ether oxygens (including phenoxy) is 4. The summed E-state index contributed by atoms with van der Waals surface area (Å²) in [5, 5.41) is 9.33. The molecule has 0 aromatic heterocycles. The molecule has 3 rings (SSSR count). The summed E-state index contributed by atoms with van der Waals surface area (Å²) >= 11 is 0. The molecular weight excluding hydrogens is 298 g/mol. The van der Waals surface area contributed by atoms with Crippen molar-refractivity contribution in [2.75, 3.05) is 52.7 Å². The Morgan fingerprint density at radius 3 is 2.17 bits per heavy atom. The molecule has 0 saturated carbocycles. The first-order valence-corrected chi connectivity index (χ1v) is 7.64. The van der Waals surface area contributed by atoms with E-state index in [4.69, 9.17) is 18.9 Å². The van der Waals surface area contributed by atoms with Crippen LogP contribution in [-0.4, -0.2) is 64.0 Å². The lowest BCUT2D eigenvalue weighted by Crippen LogP contribution is -2.15. The van der Waals surface area contributed by atoms with Crippen molar-refractivity contribution in [2.45, 2.75) is 0 Å². The Kier molecular flexibility index (Phi) is 5.29. The zero-order chi connectivity index (χ0) is 15.9. The van der Waals surface area contributed by atoms with Gasteiger partial charge in [-0.25, -0.2) is 4.99 Å². The summed E-state index contributed by atoms with van der Waals surface area (Å²) in [6.07, 6.45) is 1.75. The van der Waals surface area contributed by atoms with Crippen molar-refractivity contribution in [3.63, 3.8) is 0 Å². The van der Waals surface area contributed by atoms with Crippen molar-refractivity contribution in [3.8, 4) is 17.6 Å². The smallest absolute Gasteiger partial charge is 0.163 e. The standard InChI is InChI=1S/C16H19N3O4/c17-11-13-9-15-16(10-14(13)18-12-19-1-2-19)23-8-6-21-4-3-20-5-7-22-15/h9-10,12H,1-8H2/b18-12+. The minimum atomic E-state index is 0.387. The molecule has 2 heterocycles. The summed E-state index contributed by atoms with van der Waals surface area (Å²) in [5.74, 6) is 1.09. The molecule has 7 heteroatoms. The van der Waals surface area contributed by atoms with Crippen LogP contribution >= 0.6 is 0 Å². The largest absolute Gasteiger partial charge is 0.487 e. The van der Waals surface area contributed by atoms with Crippen LogP contribution in [0, 0.1) is 11.3 Å². The summed E-state index contributed by atoms with van der Waals surface area (Å²) in [4.78, 5) is 6.41. The van der Waals surface area contributed by atoms with E-state index < -0.39 is 0 Å². The van der Waals surface area contributed by atoms with Crippen LogP contribution in [0.3, 0.4) is 0 Å². The average Bonchev–Trinajstić information content (AvgIpc) is 3.38. The molecule has 2 aliphatic rings.